The molecular formula is C22H35O4P. The summed E-state index contributed by atoms with van der Waals surface area (Å²) in [5.74, 6) is -0.874. The average Bonchev–Trinajstić information content (AvgIpc) is 2.64. The van der Waals surface area contributed by atoms with Crippen molar-refractivity contribution in [1.29, 1.82) is 0 Å². The molecule has 1 aliphatic rings. The van der Waals surface area contributed by atoms with Crippen LogP contribution in [0.15, 0.2) is 12.1 Å². The van der Waals surface area contributed by atoms with Crippen LogP contribution in [0.4, 0.5) is 0 Å². The van der Waals surface area contributed by atoms with Crippen molar-refractivity contribution in [2.45, 2.75) is 72.6 Å². The minimum Gasteiger partial charge on any atom is -0.465 e. The normalized spacial score (nSPS) is 15.6. The molecule has 0 bridgehead atoms. The van der Waals surface area contributed by atoms with Crippen molar-refractivity contribution >= 4 is 20.9 Å². The van der Waals surface area contributed by atoms with Crippen molar-refractivity contribution < 1.29 is 18.9 Å². The Morgan fingerprint density at radius 2 is 1.63 bits per heavy atom. The Balaban J connectivity index is 0.00000176. The number of esters is 1. The van der Waals surface area contributed by atoms with Crippen LogP contribution in [0.5, 0.6) is 0 Å². The van der Waals surface area contributed by atoms with Gasteiger partial charge < -0.3 is 9.30 Å². The maximum Gasteiger partial charge on any atom is 0.317 e. The zero-order valence-corrected chi connectivity index (χ0v) is 18.7. The summed E-state index contributed by atoms with van der Waals surface area (Å²) >= 11 is 0. The molecule has 27 heavy (non-hydrogen) atoms. The molecule has 0 spiro atoms. The quantitative estimate of drug-likeness (QED) is 0.208. The van der Waals surface area contributed by atoms with Gasteiger partial charge in [0, 0.05) is 5.56 Å². The van der Waals surface area contributed by atoms with Crippen molar-refractivity contribution in [3.8, 4) is 0 Å². The fourth-order valence-corrected chi connectivity index (χ4v) is 4.11. The molecule has 152 valence electrons. The SMILES string of the molecule is CCCCOC(=O)C(C(=O)c1c(C)cc(C)cc1C)C1CCCCC1.O=[PH3]. The van der Waals surface area contributed by atoms with Gasteiger partial charge in [-0.15, -0.1) is 0 Å². The Kier molecular flexibility index (Phi) is 10.6. The number of ketones is 1. The number of rotatable bonds is 7. The highest BCUT2D eigenvalue weighted by Gasteiger charge is 2.38. The number of unbranched alkanes of at least 4 members (excludes halogenated alkanes) is 1. The van der Waals surface area contributed by atoms with Crippen molar-refractivity contribution in [3.63, 3.8) is 0 Å². The first-order valence-corrected chi connectivity index (χ1v) is 10.6. The van der Waals surface area contributed by atoms with Gasteiger partial charge in [-0.25, -0.2) is 0 Å². The van der Waals surface area contributed by atoms with Gasteiger partial charge in [0.05, 0.1) is 15.7 Å². The minimum atomic E-state index is -0.641. The van der Waals surface area contributed by atoms with Crippen LogP contribution < -0.4 is 0 Å². The van der Waals surface area contributed by atoms with E-state index in [1.807, 2.05) is 32.9 Å². The summed E-state index contributed by atoms with van der Waals surface area (Å²) in [7, 11) is 0.611. The number of hydrogen-bond donors (Lipinski definition) is 0. The summed E-state index contributed by atoms with van der Waals surface area (Å²) in [5.41, 5.74) is 3.79. The van der Waals surface area contributed by atoms with Crippen LogP contribution in [0.2, 0.25) is 0 Å². The van der Waals surface area contributed by atoms with E-state index in [9.17, 15) is 9.59 Å². The fraction of sp³-hybridized carbons (Fsp3) is 0.636. The molecule has 1 aliphatic carbocycles. The lowest BCUT2D eigenvalue weighted by atomic mass is 9.75. The molecule has 0 radical (unpaired) electrons. The molecule has 5 heteroatoms. The molecule has 1 aromatic rings. The highest BCUT2D eigenvalue weighted by atomic mass is 31.0. The minimum absolute atomic E-state index is 0.0385. The highest BCUT2D eigenvalue weighted by Crippen LogP contribution is 2.34. The Bertz CT molecular complexity index is 612. The summed E-state index contributed by atoms with van der Waals surface area (Å²) in [6.07, 6.45) is 7.12. The predicted octanol–water partition coefficient (Wildman–Crippen LogP) is 5.27. The van der Waals surface area contributed by atoms with Gasteiger partial charge in [-0.05, 0) is 57.1 Å². The van der Waals surface area contributed by atoms with Gasteiger partial charge in [0.2, 0.25) is 0 Å². The number of hydrogen-bond acceptors (Lipinski definition) is 4. The van der Waals surface area contributed by atoms with Crippen LogP contribution in [0.3, 0.4) is 0 Å². The smallest absolute Gasteiger partial charge is 0.317 e. The van der Waals surface area contributed by atoms with Crippen molar-refractivity contribution in [1.82, 2.24) is 0 Å². The first kappa shape index (κ1) is 23.6. The zero-order chi connectivity index (χ0) is 20.4. The number of carbonyl (C=O) groups is 2. The van der Waals surface area contributed by atoms with Crippen molar-refractivity contribution in [2.75, 3.05) is 6.61 Å². The molecule has 2 unspecified atom stereocenters. The molecule has 0 heterocycles. The monoisotopic (exact) mass is 394 g/mol. The Morgan fingerprint density at radius 1 is 1.07 bits per heavy atom. The van der Waals surface area contributed by atoms with E-state index >= 15 is 0 Å². The van der Waals surface area contributed by atoms with Gasteiger partial charge in [-0.2, -0.15) is 0 Å². The second-order valence-corrected chi connectivity index (χ2v) is 7.53. The highest BCUT2D eigenvalue weighted by molar-refractivity contribution is 7.00. The van der Waals surface area contributed by atoms with Gasteiger partial charge in [0.15, 0.2) is 5.78 Å². The third-order valence-electron chi connectivity index (χ3n) is 5.32. The van der Waals surface area contributed by atoms with Crippen LogP contribution in [-0.4, -0.2) is 18.4 Å². The summed E-state index contributed by atoms with van der Waals surface area (Å²) in [6, 6.07) is 4.06. The molecular weight excluding hydrogens is 359 g/mol. The third kappa shape index (κ3) is 6.60. The molecule has 2 atom stereocenters. The molecule has 0 saturated heterocycles. The summed E-state index contributed by atoms with van der Waals surface area (Å²) in [4.78, 5) is 26.1. The maximum atomic E-state index is 13.4. The number of Topliss-reactive ketones (excluding diaryl/α,β-unsaturated/α-hetero) is 1. The van der Waals surface area contributed by atoms with Gasteiger partial charge >= 0.3 is 5.97 Å². The van der Waals surface area contributed by atoms with Gasteiger partial charge in [0.25, 0.3) is 0 Å². The summed E-state index contributed by atoms with van der Waals surface area (Å²) in [6.45, 7) is 8.45. The molecule has 1 aromatic carbocycles. The van der Waals surface area contributed by atoms with E-state index in [1.54, 1.807) is 0 Å². The summed E-state index contributed by atoms with van der Waals surface area (Å²) in [5, 5.41) is 0. The van der Waals surface area contributed by atoms with Crippen LogP contribution in [0.1, 0.15) is 78.9 Å². The molecule has 0 amide bonds. The molecule has 1 fully saturated rings. The van der Waals surface area contributed by atoms with Crippen molar-refractivity contribution in [2.24, 2.45) is 11.8 Å². The second-order valence-electron chi connectivity index (χ2n) is 7.53. The standard InChI is InChI=1S/C22H32O3.H3OP/c1-5-6-12-25-22(24)20(18-10-8-7-9-11-18)21(23)19-16(3)13-15(2)14-17(19)4;1-2/h13-14,18,20H,5-12H2,1-4H3;2H3. The van der Waals surface area contributed by atoms with Gasteiger partial charge in [-0.1, -0.05) is 50.3 Å². The molecule has 0 N–H and O–H groups in total. The predicted molar refractivity (Wildman–Crippen MR) is 113 cm³/mol. The Morgan fingerprint density at radius 3 is 2.15 bits per heavy atom. The second kappa shape index (κ2) is 12.1. The van der Waals surface area contributed by atoms with E-state index in [4.69, 9.17) is 9.30 Å². The fourth-order valence-electron chi connectivity index (χ4n) is 4.11. The number of aryl methyl sites for hydroxylation is 3. The van der Waals surface area contributed by atoms with Crippen LogP contribution in [-0.2, 0) is 14.1 Å². The van der Waals surface area contributed by atoms with Crippen LogP contribution >= 0.6 is 9.12 Å². The maximum absolute atomic E-state index is 13.4. The van der Waals surface area contributed by atoms with Gasteiger partial charge in [-0.3, -0.25) is 9.59 Å². The van der Waals surface area contributed by atoms with E-state index in [0.717, 1.165) is 55.2 Å². The Hall–Kier alpha value is -1.41. The first-order chi connectivity index (χ1) is 13.0. The lowest BCUT2D eigenvalue weighted by Crippen LogP contribution is -2.35. The molecule has 0 aromatic heterocycles. The molecule has 2 rings (SSSR count). The number of carbonyl (C=O) groups excluding carboxylic acids is 2. The molecule has 4 nitrogen and oxygen atoms in total. The first-order valence-electron chi connectivity index (χ1n) is 10.0. The number of benzene rings is 1. The molecule has 0 aliphatic heterocycles. The van der Waals surface area contributed by atoms with E-state index in [1.165, 1.54) is 6.42 Å². The lowest BCUT2D eigenvalue weighted by Gasteiger charge is -2.28. The van der Waals surface area contributed by atoms with E-state index in [-0.39, 0.29) is 17.7 Å². The van der Waals surface area contributed by atoms with Crippen LogP contribution in [0, 0.1) is 32.6 Å². The Labute approximate surface area is 165 Å². The van der Waals surface area contributed by atoms with Crippen molar-refractivity contribution in [3.05, 3.63) is 34.4 Å². The number of ether oxygens (including phenoxy) is 1. The van der Waals surface area contributed by atoms with E-state index in [2.05, 4.69) is 6.92 Å². The third-order valence-corrected chi connectivity index (χ3v) is 5.32. The zero-order valence-electron chi connectivity index (χ0n) is 17.3. The van der Waals surface area contributed by atoms with Crippen LogP contribution in [0.25, 0.3) is 0 Å². The molecule has 1 saturated carbocycles. The lowest BCUT2D eigenvalue weighted by molar-refractivity contribution is -0.148. The topological polar surface area (TPSA) is 60.4 Å². The largest absolute Gasteiger partial charge is 0.465 e. The summed E-state index contributed by atoms with van der Waals surface area (Å²) < 4.78 is 13.8. The average molecular weight is 394 g/mol. The van der Waals surface area contributed by atoms with E-state index in [0.29, 0.717) is 21.3 Å². The van der Waals surface area contributed by atoms with E-state index < -0.39 is 5.92 Å². The van der Waals surface area contributed by atoms with Gasteiger partial charge in [0.1, 0.15) is 5.92 Å².